The van der Waals surface area contributed by atoms with Crippen molar-refractivity contribution in [2.45, 2.75) is 0 Å². The van der Waals surface area contributed by atoms with E-state index in [1.54, 1.807) is 43.5 Å². The zero-order valence-corrected chi connectivity index (χ0v) is 16.0. The lowest BCUT2D eigenvalue weighted by Gasteiger charge is -2.08. The van der Waals surface area contributed by atoms with Crippen molar-refractivity contribution in [3.63, 3.8) is 0 Å². The summed E-state index contributed by atoms with van der Waals surface area (Å²) in [7, 11) is 1.60. The number of ether oxygens (including phenoxy) is 1. The molecule has 150 valence electrons. The van der Waals surface area contributed by atoms with E-state index >= 15 is 0 Å². The Balaban J connectivity index is 1.44. The molecule has 0 aliphatic heterocycles. The van der Waals surface area contributed by atoms with Crippen LogP contribution in [0.3, 0.4) is 0 Å². The van der Waals surface area contributed by atoms with Gasteiger partial charge in [-0.15, -0.1) is 0 Å². The molecule has 4 aromatic rings. The van der Waals surface area contributed by atoms with Crippen LogP contribution in [0.15, 0.2) is 77.5 Å². The summed E-state index contributed by atoms with van der Waals surface area (Å²) in [6, 6.07) is 17.3. The normalized spacial score (nSPS) is 10.4. The topological polar surface area (TPSA) is 109 Å². The van der Waals surface area contributed by atoms with E-state index in [1.165, 1.54) is 12.5 Å². The monoisotopic (exact) mass is 402 g/mol. The highest BCUT2D eigenvalue weighted by molar-refractivity contribution is 6.08. The van der Waals surface area contributed by atoms with Crippen molar-refractivity contribution in [1.29, 1.82) is 0 Å². The lowest BCUT2D eigenvalue weighted by molar-refractivity contribution is 0.0994. The first-order chi connectivity index (χ1) is 14.6. The number of carbonyl (C=O) groups is 2. The molecule has 0 saturated heterocycles. The Morgan fingerprint density at radius 3 is 2.20 bits per heavy atom. The number of methoxy groups -OCH3 is 1. The van der Waals surface area contributed by atoms with Crippen molar-refractivity contribution in [1.82, 2.24) is 10.2 Å². The lowest BCUT2D eigenvalue weighted by atomic mass is 10.1. The molecule has 2 aromatic carbocycles. The summed E-state index contributed by atoms with van der Waals surface area (Å²) in [6.45, 7) is 0. The Hall–Kier alpha value is -4.33. The smallest absolute Gasteiger partial charge is 0.291 e. The molecule has 2 amide bonds. The average molecular weight is 402 g/mol. The first-order valence-corrected chi connectivity index (χ1v) is 9.08. The van der Waals surface area contributed by atoms with Gasteiger partial charge in [0.25, 0.3) is 11.8 Å². The fourth-order valence-corrected chi connectivity index (χ4v) is 2.87. The molecule has 0 unspecified atom stereocenters. The van der Waals surface area contributed by atoms with E-state index in [1.807, 2.05) is 24.3 Å². The Morgan fingerprint density at radius 1 is 0.933 bits per heavy atom. The highest BCUT2D eigenvalue weighted by Gasteiger charge is 2.16. The Labute approximate surface area is 171 Å². The summed E-state index contributed by atoms with van der Waals surface area (Å²) in [5.74, 6) is 0.295. The third kappa shape index (κ3) is 4.07. The molecule has 8 heteroatoms. The third-order valence-corrected chi connectivity index (χ3v) is 4.41. The third-order valence-electron chi connectivity index (χ3n) is 4.41. The number of aromatic amines is 1. The summed E-state index contributed by atoms with van der Waals surface area (Å²) in [4.78, 5) is 24.7. The summed E-state index contributed by atoms with van der Waals surface area (Å²) >= 11 is 0. The number of aromatic nitrogens is 2. The fraction of sp³-hybridized carbons (Fsp3) is 0.0455. The van der Waals surface area contributed by atoms with E-state index in [-0.39, 0.29) is 17.6 Å². The summed E-state index contributed by atoms with van der Waals surface area (Å²) < 4.78 is 10.2. The van der Waals surface area contributed by atoms with Crippen LogP contribution in [0.2, 0.25) is 0 Å². The van der Waals surface area contributed by atoms with Gasteiger partial charge >= 0.3 is 0 Å². The summed E-state index contributed by atoms with van der Waals surface area (Å²) in [5.41, 5.74) is 3.00. The molecule has 0 fully saturated rings. The molecule has 30 heavy (non-hydrogen) atoms. The Kier molecular flexibility index (Phi) is 5.29. The fourth-order valence-electron chi connectivity index (χ4n) is 2.87. The second kappa shape index (κ2) is 8.36. The van der Waals surface area contributed by atoms with Crippen LogP contribution in [-0.4, -0.2) is 29.1 Å². The van der Waals surface area contributed by atoms with E-state index in [0.717, 1.165) is 11.3 Å². The van der Waals surface area contributed by atoms with Gasteiger partial charge in [-0.25, -0.2) is 0 Å². The van der Waals surface area contributed by atoms with Crippen molar-refractivity contribution in [3.8, 4) is 17.0 Å². The molecule has 0 spiro atoms. The van der Waals surface area contributed by atoms with Gasteiger partial charge in [0.05, 0.1) is 30.8 Å². The van der Waals surface area contributed by atoms with Gasteiger partial charge in [0, 0.05) is 16.9 Å². The Morgan fingerprint density at radius 2 is 1.60 bits per heavy atom. The van der Waals surface area contributed by atoms with E-state index in [0.29, 0.717) is 22.6 Å². The molecule has 8 nitrogen and oxygen atoms in total. The van der Waals surface area contributed by atoms with E-state index < -0.39 is 0 Å². The molecule has 2 aromatic heterocycles. The lowest BCUT2D eigenvalue weighted by Crippen LogP contribution is -2.13. The average Bonchev–Trinajstić information content (AvgIpc) is 3.47. The van der Waals surface area contributed by atoms with Crippen LogP contribution in [0.4, 0.5) is 11.4 Å². The summed E-state index contributed by atoms with van der Waals surface area (Å²) in [5, 5.41) is 12.4. The number of nitrogens with zero attached hydrogens (tertiary/aromatic N) is 1. The quantitative estimate of drug-likeness (QED) is 0.448. The maximum Gasteiger partial charge on any atom is 0.291 e. The minimum Gasteiger partial charge on any atom is -0.497 e. The van der Waals surface area contributed by atoms with E-state index in [4.69, 9.17) is 9.15 Å². The van der Waals surface area contributed by atoms with Crippen molar-refractivity contribution in [2.24, 2.45) is 0 Å². The van der Waals surface area contributed by atoms with Crippen LogP contribution < -0.4 is 15.4 Å². The van der Waals surface area contributed by atoms with Crippen LogP contribution in [-0.2, 0) is 0 Å². The standard InChI is InChI=1S/C22H18N4O4/c1-29-17-10-4-14(5-11-17)20-18(13-23-26-20)21(27)24-15-6-8-16(9-7-15)25-22(28)19-3-2-12-30-19/h2-13H,1H3,(H,23,26)(H,24,27)(H,25,28). The summed E-state index contributed by atoms with van der Waals surface area (Å²) in [6.07, 6.45) is 2.91. The number of anilines is 2. The molecule has 0 radical (unpaired) electrons. The number of hydrogen-bond donors (Lipinski definition) is 3. The number of amides is 2. The molecule has 0 aliphatic carbocycles. The van der Waals surface area contributed by atoms with Gasteiger partial charge in [-0.2, -0.15) is 5.10 Å². The van der Waals surface area contributed by atoms with Crippen LogP contribution in [0.25, 0.3) is 11.3 Å². The van der Waals surface area contributed by atoms with Gasteiger partial charge in [-0.05, 0) is 60.7 Å². The van der Waals surface area contributed by atoms with Gasteiger partial charge in [0.1, 0.15) is 5.75 Å². The van der Waals surface area contributed by atoms with E-state index in [9.17, 15) is 9.59 Å². The minimum atomic E-state index is -0.348. The van der Waals surface area contributed by atoms with Gasteiger partial charge < -0.3 is 19.8 Å². The maximum atomic E-state index is 12.7. The van der Waals surface area contributed by atoms with Gasteiger partial charge in [-0.3, -0.25) is 14.7 Å². The number of hydrogen-bond acceptors (Lipinski definition) is 5. The second-order valence-corrected chi connectivity index (χ2v) is 6.35. The number of benzene rings is 2. The molecule has 3 N–H and O–H groups in total. The van der Waals surface area contributed by atoms with E-state index in [2.05, 4.69) is 20.8 Å². The predicted octanol–water partition coefficient (Wildman–Crippen LogP) is 4.18. The molecule has 4 rings (SSSR count). The number of furan rings is 1. The van der Waals surface area contributed by atoms with Crippen molar-refractivity contribution in [3.05, 3.63) is 84.4 Å². The maximum absolute atomic E-state index is 12.7. The molecular formula is C22H18N4O4. The second-order valence-electron chi connectivity index (χ2n) is 6.35. The van der Waals surface area contributed by atoms with Crippen molar-refractivity contribution < 1.29 is 18.7 Å². The molecule has 0 saturated carbocycles. The van der Waals surface area contributed by atoms with Crippen molar-refractivity contribution >= 4 is 23.2 Å². The molecule has 0 bridgehead atoms. The minimum absolute atomic E-state index is 0.221. The first-order valence-electron chi connectivity index (χ1n) is 9.08. The number of H-pyrrole nitrogens is 1. The van der Waals surface area contributed by atoms with Crippen LogP contribution in [0, 0.1) is 0 Å². The molecular weight excluding hydrogens is 384 g/mol. The predicted molar refractivity (Wildman–Crippen MR) is 112 cm³/mol. The van der Waals surface area contributed by atoms with Crippen LogP contribution in [0.1, 0.15) is 20.9 Å². The van der Waals surface area contributed by atoms with Gasteiger partial charge in [0.2, 0.25) is 0 Å². The highest BCUT2D eigenvalue weighted by atomic mass is 16.5. The molecule has 2 heterocycles. The zero-order chi connectivity index (χ0) is 20.9. The molecule has 0 aliphatic rings. The largest absolute Gasteiger partial charge is 0.497 e. The number of rotatable bonds is 6. The van der Waals surface area contributed by atoms with Crippen LogP contribution in [0.5, 0.6) is 5.75 Å². The Bertz CT molecular complexity index is 1150. The number of nitrogens with one attached hydrogen (secondary N) is 3. The highest BCUT2D eigenvalue weighted by Crippen LogP contribution is 2.24. The molecule has 0 atom stereocenters. The van der Waals surface area contributed by atoms with Gasteiger partial charge in [-0.1, -0.05) is 0 Å². The zero-order valence-electron chi connectivity index (χ0n) is 16.0. The first kappa shape index (κ1) is 19.0. The van der Waals surface area contributed by atoms with Crippen molar-refractivity contribution in [2.75, 3.05) is 17.7 Å². The number of carbonyl (C=O) groups excluding carboxylic acids is 2. The SMILES string of the molecule is COc1ccc(-c2[nH]ncc2C(=O)Nc2ccc(NC(=O)c3ccco3)cc2)cc1. The van der Waals surface area contributed by atoms with Crippen LogP contribution >= 0.6 is 0 Å². The van der Waals surface area contributed by atoms with Gasteiger partial charge in [0.15, 0.2) is 5.76 Å².